The predicted molar refractivity (Wildman–Crippen MR) is 507 cm³/mol. The van der Waals surface area contributed by atoms with Crippen LogP contribution in [0.25, 0.3) is 238 Å². The summed E-state index contributed by atoms with van der Waals surface area (Å²) >= 11 is 7.36. The lowest BCUT2D eigenvalue weighted by molar-refractivity contribution is 1.07. The summed E-state index contributed by atoms with van der Waals surface area (Å²) in [6.07, 6.45) is 0. The second-order valence-electron chi connectivity index (χ2n) is 29.9. The maximum absolute atomic E-state index is 5.42. The molecule has 0 bridgehead atoms. The number of thiophene rings is 4. The van der Waals surface area contributed by atoms with Crippen molar-refractivity contribution in [2.45, 2.75) is 0 Å². The highest BCUT2D eigenvalue weighted by atomic mass is 32.1. The molecule has 0 aliphatic carbocycles. The molecule has 0 N–H and O–H groups in total. The summed E-state index contributed by atoms with van der Waals surface area (Å²) in [5.74, 6) is 3.77. The minimum atomic E-state index is 0.618. The third-order valence-electron chi connectivity index (χ3n) is 22.7. The van der Waals surface area contributed by atoms with Crippen molar-refractivity contribution in [1.82, 2.24) is 39.9 Å². The summed E-state index contributed by atoms with van der Waals surface area (Å²) in [5.41, 5.74) is 20.9. The van der Waals surface area contributed by atoms with Crippen LogP contribution in [0.1, 0.15) is 0 Å². The maximum atomic E-state index is 5.42. The van der Waals surface area contributed by atoms with Crippen LogP contribution >= 0.6 is 45.3 Å². The molecule has 0 amide bonds. The average Bonchev–Trinajstić information content (AvgIpc) is 1.77. The molecule has 0 unspecified atom stereocenters. The van der Waals surface area contributed by atoms with Gasteiger partial charge in [-0.25, -0.2) is 39.9 Å². The van der Waals surface area contributed by atoms with Gasteiger partial charge in [-0.1, -0.05) is 346 Å². The normalized spacial score (nSPS) is 11.7. The van der Waals surface area contributed by atoms with Gasteiger partial charge in [0, 0.05) is 136 Å². The van der Waals surface area contributed by atoms with Crippen molar-refractivity contribution in [3.05, 3.63) is 388 Å². The van der Waals surface area contributed by atoms with E-state index < -0.39 is 0 Å². The smallest absolute Gasteiger partial charge is 0.164 e. The molecule has 0 saturated carbocycles. The first-order chi connectivity index (χ1) is 59.4. The zero-order valence-corrected chi connectivity index (χ0v) is 67.4. The molecule has 24 aromatic rings. The molecule has 24 rings (SSSR count). The summed E-state index contributed by atoms with van der Waals surface area (Å²) in [7, 11) is 0. The van der Waals surface area contributed by atoms with Gasteiger partial charge in [0.2, 0.25) is 0 Å². The number of fused-ring (bicyclic) bond motifs is 16. The van der Waals surface area contributed by atoms with Crippen LogP contribution in [-0.2, 0) is 0 Å². The second kappa shape index (κ2) is 29.8. The lowest BCUT2D eigenvalue weighted by atomic mass is 9.99. The van der Waals surface area contributed by atoms with Crippen molar-refractivity contribution in [2.24, 2.45) is 0 Å². The van der Waals surface area contributed by atoms with E-state index >= 15 is 0 Å². The van der Waals surface area contributed by atoms with Crippen LogP contribution in [0.15, 0.2) is 388 Å². The van der Waals surface area contributed by atoms with Gasteiger partial charge >= 0.3 is 0 Å². The maximum Gasteiger partial charge on any atom is 0.164 e. The quantitative estimate of drug-likeness (QED) is 0.119. The Morgan fingerprint density at radius 1 is 0.150 bits per heavy atom. The first-order valence-electron chi connectivity index (χ1n) is 39.9. The van der Waals surface area contributed by atoms with Crippen LogP contribution in [-0.4, -0.2) is 39.9 Å². The Hall–Kier alpha value is -14.8. The molecule has 0 radical (unpaired) electrons. The molecule has 16 aromatic carbocycles. The van der Waals surface area contributed by atoms with Crippen molar-refractivity contribution in [2.75, 3.05) is 0 Å². The molecule has 0 saturated heterocycles. The number of rotatable bonds is 12. The minimum Gasteiger partial charge on any atom is -0.247 e. The molecule has 0 aliphatic rings. The van der Waals surface area contributed by atoms with E-state index in [0.29, 0.717) is 34.9 Å². The van der Waals surface area contributed by atoms with Gasteiger partial charge in [0.25, 0.3) is 0 Å². The number of benzene rings is 16. The lowest BCUT2D eigenvalue weighted by Crippen LogP contribution is -2.00. The fourth-order valence-corrected chi connectivity index (χ4v) is 21.7. The third-order valence-corrected chi connectivity index (χ3v) is 27.5. The Kier molecular flexibility index (Phi) is 17.5. The van der Waals surface area contributed by atoms with Crippen molar-refractivity contribution in [3.8, 4) is 135 Å². The van der Waals surface area contributed by atoms with Crippen LogP contribution in [0, 0.1) is 0 Å². The van der Waals surface area contributed by atoms with Crippen molar-refractivity contribution in [1.29, 1.82) is 0 Å². The molecule has 0 fully saturated rings. The topological polar surface area (TPSA) is 103 Å². The molecule has 8 aromatic heterocycles. The van der Waals surface area contributed by atoms with Gasteiger partial charge in [-0.15, -0.1) is 45.3 Å². The van der Waals surface area contributed by atoms with Gasteiger partial charge in [0.15, 0.2) is 34.9 Å². The van der Waals surface area contributed by atoms with E-state index in [1.807, 2.05) is 93.9 Å². The Bertz CT molecular complexity index is 8130. The molecule has 12 heteroatoms. The number of nitrogens with zero attached hydrogens (tertiary/aromatic N) is 8. The molecular formula is C108H64N8S4. The average molecular weight is 1600 g/mol. The lowest BCUT2D eigenvalue weighted by Gasteiger charge is -2.11. The summed E-state index contributed by atoms with van der Waals surface area (Å²) in [6, 6.07) is 137. The first kappa shape index (κ1) is 70.6. The number of hydrogen-bond acceptors (Lipinski definition) is 12. The molecular weight excluding hydrogens is 1540 g/mol. The third kappa shape index (κ3) is 12.7. The molecule has 120 heavy (non-hydrogen) atoms. The Morgan fingerprint density at radius 3 is 0.833 bits per heavy atom. The SMILES string of the molecule is c1ccc(-c2ccc3c(c2)nc(-c2ccc(-c4nc(-c5ccccc5)nc(-c5ccc(-c6cccc7c6sc6ccccc67)cc5)n4)cc2)c2c4ccccc4sc32)cc1.c1ccc(-c2ccc3c(c2)nc(-c2ccc(-c4nc(-c5ccccc5)nc(-c5cccc(-c6cccc7c6sc6ccccc67)c5)n4)cc2)c2c4ccccc4sc32)cc1. The molecule has 0 atom stereocenters. The van der Waals surface area contributed by atoms with Gasteiger partial charge in [0.1, 0.15) is 0 Å². The van der Waals surface area contributed by atoms with Crippen molar-refractivity contribution < 1.29 is 0 Å². The van der Waals surface area contributed by atoms with Gasteiger partial charge in [0.05, 0.1) is 22.4 Å². The highest BCUT2D eigenvalue weighted by molar-refractivity contribution is 7.28. The Balaban J connectivity index is 0.000000140. The van der Waals surface area contributed by atoms with Gasteiger partial charge < -0.3 is 0 Å². The minimum absolute atomic E-state index is 0.618. The van der Waals surface area contributed by atoms with Crippen LogP contribution < -0.4 is 0 Å². The van der Waals surface area contributed by atoms with E-state index in [9.17, 15) is 0 Å². The van der Waals surface area contributed by atoms with Gasteiger partial charge in [-0.2, -0.15) is 0 Å². The van der Waals surface area contributed by atoms with E-state index in [1.165, 1.54) is 114 Å². The summed E-state index contributed by atoms with van der Waals surface area (Å²) in [6.45, 7) is 0. The van der Waals surface area contributed by atoms with Crippen LogP contribution in [0.4, 0.5) is 0 Å². The molecule has 0 spiro atoms. The molecule has 0 aliphatic heterocycles. The van der Waals surface area contributed by atoms with Crippen molar-refractivity contribution >= 4 is 148 Å². The summed E-state index contributed by atoms with van der Waals surface area (Å²) in [5, 5.41) is 12.3. The monoisotopic (exact) mass is 1600 g/mol. The van der Waals surface area contributed by atoms with E-state index in [1.54, 1.807) is 0 Å². The fraction of sp³-hybridized carbons (Fsp3) is 0. The van der Waals surface area contributed by atoms with Crippen LogP contribution in [0.2, 0.25) is 0 Å². The first-order valence-corrected chi connectivity index (χ1v) is 43.2. The van der Waals surface area contributed by atoms with E-state index in [0.717, 1.165) is 89.2 Å². The van der Waals surface area contributed by atoms with E-state index in [-0.39, 0.29) is 0 Å². The zero-order chi connectivity index (χ0) is 79.1. The summed E-state index contributed by atoms with van der Waals surface area (Å²) in [4.78, 5) is 41.3. The largest absolute Gasteiger partial charge is 0.247 e. The number of pyridine rings is 2. The van der Waals surface area contributed by atoms with E-state index in [4.69, 9.17) is 39.9 Å². The number of aromatic nitrogens is 8. The zero-order valence-electron chi connectivity index (χ0n) is 64.2. The van der Waals surface area contributed by atoms with Crippen molar-refractivity contribution in [3.63, 3.8) is 0 Å². The second-order valence-corrected chi connectivity index (χ2v) is 34.1. The van der Waals surface area contributed by atoms with E-state index in [2.05, 4.69) is 340 Å². The predicted octanol–water partition coefficient (Wildman–Crippen LogP) is 30.3. The van der Waals surface area contributed by atoms with Gasteiger partial charge in [-0.3, -0.25) is 0 Å². The van der Waals surface area contributed by atoms with Crippen LogP contribution in [0.3, 0.4) is 0 Å². The Labute approximate surface area is 705 Å². The van der Waals surface area contributed by atoms with Crippen LogP contribution in [0.5, 0.6) is 0 Å². The van der Waals surface area contributed by atoms with Gasteiger partial charge in [-0.05, 0) is 87.0 Å². The molecule has 8 heterocycles. The highest BCUT2D eigenvalue weighted by Crippen LogP contribution is 2.48. The fourth-order valence-electron chi connectivity index (χ4n) is 16.8. The highest BCUT2D eigenvalue weighted by Gasteiger charge is 2.23. The molecule has 8 nitrogen and oxygen atoms in total. The standard InChI is InChI=1S/2C54H32N4S2/c1-3-13-33(14-4-1)37-29-30-43-45(32-37)55-49(48-44-20-8-10-24-47(44)60-51(43)48)34-25-27-36(28-26-34)53-56-52(35-15-5-2-6-16-35)57-54(58-53)39-18-11-17-38(31-39)40-21-12-22-42-41-19-7-9-23-46(41)59-50(40)42;1-3-12-33(13-4-1)39-30-31-43-45(32-39)55-49(48-44-17-8-10-21-47(44)60-51(43)48)35-24-28-38(29-25-35)54-57-52(36-14-5-2-6-15-36)56-53(58-54)37-26-22-34(23-27-37)40-18-11-19-42-41-16-7-9-20-46(41)59-50(40)42/h2*1-32H. The Morgan fingerprint density at radius 2 is 0.425 bits per heavy atom. The number of hydrogen-bond donors (Lipinski definition) is 0. The summed E-state index contributed by atoms with van der Waals surface area (Å²) < 4.78 is 10.2. The molecule has 560 valence electrons.